The highest BCUT2D eigenvalue weighted by molar-refractivity contribution is 9.10. The molecule has 5 rings (SSSR count). The van der Waals surface area contributed by atoms with E-state index in [0.29, 0.717) is 22.5 Å². The van der Waals surface area contributed by atoms with Crippen LogP contribution in [0.15, 0.2) is 46.0 Å². The Morgan fingerprint density at radius 2 is 2.00 bits per heavy atom. The molecule has 1 atom stereocenters. The van der Waals surface area contributed by atoms with Crippen LogP contribution in [-0.2, 0) is 24.1 Å². The van der Waals surface area contributed by atoms with Crippen molar-refractivity contribution in [3.63, 3.8) is 0 Å². The molecule has 1 aliphatic heterocycles. The fourth-order valence-corrected chi connectivity index (χ4v) is 4.91. The van der Waals surface area contributed by atoms with Crippen molar-refractivity contribution in [3.8, 4) is 11.6 Å². The number of hydrogen-bond acceptors (Lipinski definition) is 6. The summed E-state index contributed by atoms with van der Waals surface area (Å²) in [5, 5.41) is 16.6. The summed E-state index contributed by atoms with van der Waals surface area (Å²) < 4.78 is 21.0. The molecule has 2 aliphatic rings. The second-order valence-corrected chi connectivity index (χ2v) is 9.73. The number of amidine groups is 1. The molecule has 0 bridgehead atoms. The van der Waals surface area contributed by atoms with Gasteiger partial charge in [-0.25, -0.2) is 4.39 Å². The molecule has 1 aliphatic carbocycles. The maximum Gasteiger partial charge on any atom is 0.250 e. The molecule has 0 saturated carbocycles. The van der Waals surface area contributed by atoms with E-state index in [-0.39, 0.29) is 17.7 Å². The lowest BCUT2D eigenvalue weighted by molar-refractivity contribution is 0.109. The first kappa shape index (κ1) is 22.8. The quantitative estimate of drug-likeness (QED) is 0.473. The molecule has 1 aromatic heterocycles. The Bertz CT molecular complexity index is 1260. The molecule has 34 heavy (non-hydrogen) atoms. The van der Waals surface area contributed by atoms with Crippen LogP contribution in [-0.4, -0.2) is 28.7 Å². The summed E-state index contributed by atoms with van der Waals surface area (Å²) in [6.07, 6.45) is 4.58. The third-order valence-corrected chi connectivity index (χ3v) is 6.92. The highest BCUT2D eigenvalue weighted by Gasteiger charge is 2.29. The molecule has 6 nitrogen and oxygen atoms in total. The van der Waals surface area contributed by atoms with Crippen molar-refractivity contribution in [1.29, 1.82) is 0 Å². The maximum atomic E-state index is 14.7. The predicted octanol–water partition coefficient (Wildman–Crippen LogP) is 5.56. The Morgan fingerprint density at radius 3 is 2.85 bits per heavy atom. The molecule has 2 aromatic carbocycles. The minimum atomic E-state index is -0.490. The average Bonchev–Trinajstić information content (AvgIpc) is 2.84. The number of ether oxygens (including phenoxy) is 1. The molecule has 0 unspecified atom stereocenters. The lowest BCUT2D eigenvalue weighted by Crippen LogP contribution is -2.44. The molecule has 0 spiro atoms. The molecule has 0 fully saturated rings. The first-order chi connectivity index (χ1) is 16.5. The number of nitrogens with zero attached hydrogens (tertiary/aromatic N) is 3. The Hall–Kier alpha value is -3.00. The van der Waals surface area contributed by atoms with Gasteiger partial charge in [0.05, 0.1) is 21.8 Å². The van der Waals surface area contributed by atoms with Gasteiger partial charge in [-0.15, -0.1) is 5.10 Å². The van der Waals surface area contributed by atoms with Crippen LogP contribution in [0.2, 0.25) is 0 Å². The van der Waals surface area contributed by atoms with Crippen molar-refractivity contribution in [2.24, 2.45) is 5.16 Å². The number of aromatic nitrogens is 2. The highest BCUT2D eigenvalue weighted by Crippen LogP contribution is 2.34. The molecular weight excluding hydrogens is 499 g/mol. The smallest absolute Gasteiger partial charge is 0.250 e. The second kappa shape index (κ2) is 9.70. The van der Waals surface area contributed by atoms with E-state index in [1.165, 1.54) is 16.7 Å². The normalized spacial score (nSPS) is 17.3. The Labute approximate surface area is 206 Å². The van der Waals surface area contributed by atoms with Crippen LogP contribution in [0, 0.1) is 19.7 Å². The van der Waals surface area contributed by atoms with Crippen LogP contribution < -0.4 is 10.1 Å². The van der Waals surface area contributed by atoms with Gasteiger partial charge in [0.1, 0.15) is 6.61 Å². The van der Waals surface area contributed by atoms with Gasteiger partial charge in [0.25, 0.3) is 5.88 Å². The summed E-state index contributed by atoms with van der Waals surface area (Å²) in [7, 11) is 0. The zero-order chi connectivity index (χ0) is 23.7. The third kappa shape index (κ3) is 4.64. The molecule has 0 amide bonds. The molecule has 1 N–H and O–H groups in total. The Kier molecular flexibility index (Phi) is 6.50. The van der Waals surface area contributed by atoms with Crippen molar-refractivity contribution < 1.29 is 14.0 Å². The first-order valence-electron chi connectivity index (χ1n) is 11.5. The molecule has 0 saturated heterocycles. The van der Waals surface area contributed by atoms with Gasteiger partial charge in [-0.1, -0.05) is 35.0 Å². The summed E-state index contributed by atoms with van der Waals surface area (Å²) in [5.74, 6) is 0.361. The largest absolute Gasteiger partial charge is 0.434 e. The van der Waals surface area contributed by atoms with Gasteiger partial charge in [-0.05, 0) is 90.7 Å². The van der Waals surface area contributed by atoms with Gasteiger partial charge in [-0.2, -0.15) is 5.10 Å². The van der Waals surface area contributed by atoms with E-state index in [2.05, 4.69) is 68.6 Å². The Balaban J connectivity index is 1.49. The van der Waals surface area contributed by atoms with E-state index in [9.17, 15) is 4.39 Å². The number of rotatable bonds is 5. The summed E-state index contributed by atoms with van der Waals surface area (Å²) in [5.41, 5.74) is 6.43. The highest BCUT2D eigenvalue weighted by atomic mass is 79.9. The zero-order valence-corrected chi connectivity index (χ0v) is 20.8. The number of aryl methyl sites for hydroxylation is 3. The second-order valence-electron chi connectivity index (χ2n) is 8.88. The lowest BCUT2D eigenvalue weighted by Gasteiger charge is -2.27. The van der Waals surface area contributed by atoms with E-state index in [1.807, 2.05) is 0 Å². The minimum absolute atomic E-state index is 0.0248. The van der Waals surface area contributed by atoms with Gasteiger partial charge in [0, 0.05) is 0 Å². The van der Waals surface area contributed by atoms with Gasteiger partial charge in [0.2, 0.25) is 0 Å². The van der Waals surface area contributed by atoms with Crippen LogP contribution in [0.25, 0.3) is 0 Å². The topological polar surface area (TPSA) is 68.6 Å². The summed E-state index contributed by atoms with van der Waals surface area (Å²) >= 11 is 3.22. The standard InChI is InChI=1S/C26H26BrFN4O2/c1-15-10-11-17(16(2)12-15)13-18-14-33-32-25(29-18)23-19-6-3-4-8-21(19)30-31-26(23)34-22-9-5-7-20(27)24(22)28/h5,7,9-12,18H,3-4,6,8,13-14H2,1-2H3,(H,29,32)/t18-/m1/s1. The van der Waals surface area contributed by atoms with E-state index in [4.69, 9.17) is 9.57 Å². The molecule has 176 valence electrons. The molecule has 3 aromatic rings. The van der Waals surface area contributed by atoms with Crippen LogP contribution in [0.4, 0.5) is 4.39 Å². The van der Waals surface area contributed by atoms with Crippen molar-refractivity contribution >= 4 is 21.8 Å². The van der Waals surface area contributed by atoms with Crippen molar-refractivity contribution in [1.82, 2.24) is 15.5 Å². The monoisotopic (exact) mass is 524 g/mol. The van der Waals surface area contributed by atoms with Crippen molar-refractivity contribution in [2.45, 2.75) is 52.0 Å². The summed E-state index contributed by atoms with van der Waals surface area (Å²) in [4.78, 5) is 5.66. The number of fused-ring (bicyclic) bond motifs is 1. The fourth-order valence-electron chi connectivity index (χ4n) is 4.56. The average molecular weight is 525 g/mol. The molecular formula is C26H26BrFN4O2. The van der Waals surface area contributed by atoms with Gasteiger partial charge in [-0.3, -0.25) is 0 Å². The summed E-state index contributed by atoms with van der Waals surface area (Å²) in [6, 6.07) is 11.4. The number of oxime groups is 1. The molecule has 0 radical (unpaired) electrons. The SMILES string of the molecule is Cc1ccc(C[C@@H]2CON=C(c3c(Oc4cccc(Br)c4F)nnc4c3CCCC4)N2)c(C)c1. The number of hydrogen-bond donors (Lipinski definition) is 1. The molecule has 2 heterocycles. The maximum absolute atomic E-state index is 14.7. The lowest BCUT2D eigenvalue weighted by atomic mass is 9.92. The van der Waals surface area contributed by atoms with Crippen LogP contribution in [0.1, 0.15) is 46.4 Å². The predicted molar refractivity (Wildman–Crippen MR) is 132 cm³/mol. The van der Waals surface area contributed by atoms with E-state index in [0.717, 1.165) is 43.4 Å². The van der Waals surface area contributed by atoms with E-state index in [1.54, 1.807) is 18.2 Å². The fraction of sp³-hybridized carbons (Fsp3) is 0.346. The summed E-state index contributed by atoms with van der Waals surface area (Å²) in [6.45, 7) is 4.68. The van der Waals surface area contributed by atoms with E-state index < -0.39 is 5.82 Å². The Morgan fingerprint density at radius 1 is 1.15 bits per heavy atom. The third-order valence-electron chi connectivity index (χ3n) is 6.31. The number of halogens is 2. The van der Waals surface area contributed by atoms with Crippen LogP contribution in [0.5, 0.6) is 11.6 Å². The number of benzene rings is 2. The van der Waals surface area contributed by atoms with Crippen LogP contribution in [0.3, 0.4) is 0 Å². The number of nitrogens with one attached hydrogen (secondary N) is 1. The molecule has 8 heteroatoms. The van der Waals surface area contributed by atoms with Gasteiger partial charge < -0.3 is 14.9 Å². The van der Waals surface area contributed by atoms with Crippen LogP contribution >= 0.6 is 15.9 Å². The van der Waals surface area contributed by atoms with Gasteiger partial charge in [0.15, 0.2) is 17.4 Å². The van der Waals surface area contributed by atoms with Crippen molar-refractivity contribution in [2.75, 3.05) is 6.61 Å². The first-order valence-corrected chi connectivity index (χ1v) is 12.3. The van der Waals surface area contributed by atoms with Gasteiger partial charge >= 0.3 is 0 Å². The van der Waals surface area contributed by atoms with Crippen molar-refractivity contribution in [3.05, 3.63) is 80.2 Å². The zero-order valence-electron chi connectivity index (χ0n) is 19.2. The minimum Gasteiger partial charge on any atom is -0.434 e. The van der Waals surface area contributed by atoms with E-state index >= 15 is 0 Å².